The molecule has 2 aromatic carbocycles. The summed E-state index contributed by atoms with van der Waals surface area (Å²) >= 11 is 5.27. The van der Waals surface area contributed by atoms with Crippen molar-refractivity contribution in [3.63, 3.8) is 0 Å². The van der Waals surface area contributed by atoms with Gasteiger partial charge in [-0.05, 0) is 67.0 Å². The molecule has 5 nitrogen and oxygen atoms in total. The Morgan fingerprint density at radius 3 is 2.75 bits per heavy atom. The number of fused-ring (bicyclic) bond motifs is 1. The highest BCUT2D eigenvalue weighted by atomic mass is 32.1. The predicted octanol–water partition coefficient (Wildman–Crippen LogP) is 3.40. The van der Waals surface area contributed by atoms with E-state index in [1.807, 2.05) is 30.3 Å². The van der Waals surface area contributed by atoms with Crippen molar-refractivity contribution < 1.29 is 9.47 Å². The molecule has 0 aromatic heterocycles. The second-order valence-corrected chi connectivity index (χ2v) is 5.88. The van der Waals surface area contributed by atoms with Gasteiger partial charge in [0.15, 0.2) is 16.6 Å². The van der Waals surface area contributed by atoms with E-state index in [2.05, 4.69) is 35.8 Å². The molecule has 124 valence electrons. The van der Waals surface area contributed by atoms with Gasteiger partial charge in [0.05, 0.1) is 6.21 Å². The molecule has 0 spiro atoms. The van der Waals surface area contributed by atoms with E-state index in [1.165, 1.54) is 5.56 Å². The molecule has 1 aliphatic rings. The Bertz CT molecular complexity index is 790. The zero-order chi connectivity index (χ0) is 16.9. The molecule has 0 radical (unpaired) electrons. The molecule has 1 aliphatic heterocycles. The van der Waals surface area contributed by atoms with Gasteiger partial charge in [-0.25, -0.2) is 0 Å². The van der Waals surface area contributed by atoms with E-state index in [-0.39, 0.29) is 0 Å². The first-order valence-electron chi connectivity index (χ1n) is 7.69. The lowest BCUT2D eigenvalue weighted by atomic mass is 10.1. The van der Waals surface area contributed by atoms with Crippen LogP contribution in [-0.2, 0) is 0 Å². The lowest BCUT2D eigenvalue weighted by Gasteiger charge is -2.18. The SMILES string of the molecule is Cc1cccc(NC(=S)N/N=C\c2ccc3c(c2)OCCO3)c1C. The first-order valence-corrected chi connectivity index (χ1v) is 8.10. The van der Waals surface area contributed by atoms with Gasteiger partial charge in [-0.3, -0.25) is 5.43 Å². The number of thiocarbonyl (C=S) groups is 1. The Kier molecular flexibility index (Phi) is 4.96. The predicted molar refractivity (Wildman–Crippen MR) is 100 cm³/mol. The molecule has 0 unspecified atom stereocenters. The Hall–Kier alpha value is -2.60. The smallest absolute Gasteiger partial charge is 0.191 e. The summed E-state index contributed by atoms with van der Waals surface area (Å²) in [6.07, 6.45) is 1.69. The number of ether oxygens (including phenoxy) is 2. The van der Waals surface area contributed by atoms with Crippen LogP contribution in [0, 0.1) is 13.8 Å². The van der Waals surface area contributed by atoms with Crippen LogP contribution in [0.2, 0.25) is 0 Å². The highest BCUT2D eigenvalue weighted by molar-refractivity contribution is 7.80. The van der Waals surface area contributed by atoms with E-state index >= 15 is 0 Å². The number of hydrogen-bond donors (Lipinski definition) is 2. The van der Waals surface area contributed by atoms with Gasteiger partial charge in [0.1, 0.15) is 13.2 Å². The molecule has 1 heterocycles. The van der Waals surface area contributed by atoms with Crippen molar-refractivity contribution >= 4 is 29.2 Å². The van der Waals surface area contributed by atoms with Gasteiger partial charge in [0.2, 0.25) is 0 Å². The lowest BCUT2D eigenvalue weighted by Crippen LogP contribution is -2.24. The monoisotopic (exact) mass is 341 g/mol. The Morgan fingerprint density at radius 2 is 1.92 bits per heavy atom. The number of benzene rings is 2. The highest BCUT2D eigenvalue weighted by Gasteiger charge is 2.10. The van der Waals surface area contributed by atoms with E-state index in [9.17, 15) is 0 Å². The molecular weight excluding hydrogens is 322 g/mol. The second-order valence-electron chi connectivity index (χ2n) is 5.47. The Balaban J connectivity index is 1.59. The Labute approximate surface area is 146 Å². The standard InChI is InChI=1S/C18H19N3O2S/c1-12-4-3-5-15(13(12)2)20-18(24)21-19-11-14-6-7-16-17(10-14)23-9-8-22-16/h3-7,10-11H,8-9H2,1-2H3,(H2,20,21,24)/b19-11-. The van der Waals surface area contributed by atoms with Crippen molar-refractivity contribution in [2.45, 2.75) is 13.8 Å². The molecule has 3 rings (SSSR count). The van der Waals surface area contributed by atoms with Crippen LogP contribution in [0.3, 0.4) is 0 Å². The number of nitrogens with zero attached hydrogens (tertiary/aromatic N) is 1. The molecule has 0 bridgehead atoms. The average molecular weight is 341 g/mol. The summed E-state index contributed by atoms with van der Waals surface area (Å²) in [7, 11) is 0. The van der Waals surface area contributed by atoms with Gasteiger partial charge < -0.3 is 14.8 Å². The summed E-state index contributed by atoms with van der Waals surface area (Å²) in [6, 6.07) is 11.7. The number of anilines is 1. The largest absolute Gasteiger partial charge is 0.486 e. The zero-order valence-corrected chi connectivity index (χ0v) is 14.4. The fourth-order valence-electron chi connectivity index (χ4n) is 2.34. The molecule has 0 saturated carbocycles. The van der Waals surface area contributed by atoms with Crippen molar-refractivity contribution in [3.05, 3.63) is 53.1 Å². The third-order valence-corrected chi connectivity index (χ3v) is 3.99. The maximum Gasteiger partial charge on any atom is 0.191 e. The van der Waals surface area contributed by atoms with Gasteiger partial charge in [0, 0.05) is 5.69 Å². The minimum Gasteiger partial charge on any atom is -0.486 e. The van der Waals surface area contributed by atoms with Crippen LogP contribution in [0.4, 0.5) is 5.69 Å². The highest BCUT2D eigenvalue weighted by Crippen LogP contribution is 2.30. The van der Waals surface area contributed by atoms with Gasteiger partial charge in [-0.2, -0.15) is 5.10 Å². The van der Waals surface area contributed by atoms with Crippen LogP contribution in [0.1, 0.15) is 16.7 Å². The van der Waals surface area contributed by atoms with Crippen LogP contribution in [0.15, 0.2) is 41.5 Å². The molecule has 0 amide bonds. The molecule has 24 heavy (non-hydrogen) atoms. The number of aryl methyl sites for hydroxylation is 1. The normalized spacial score (nSPS) is 12.9. The van der Waals surface area contributed by atoms with Gasteiger partial charge >= 0.3 is 0 Å². The van der Waals surface area contributed by atoms with E-state index in [4.69, 9.17) is 21.7 Å². The molecule has 0 saturated heterocycles. The topological polar surface area (TPSA) is 54.9 Å². The fraction of sp³-hybridized carbons (Fsp3) is 0.222. The molecule has 0 aliphatic carbocycles. The van der Waals surface area contributed by atoms with E-state index in [1.54, 1.807) is 6.21 Å². The van der Waals surface area contributed by atoms with Crippen molar-refractivity contribution in [2.24, 2.45) is 5.10 Å². The van der Waals surface area contributed by atoms with Gasteiger partial charge in [0.25, 0.3) is 0 Å². The average Bonchev–Trinajstić information content (AvgIpc) is 2.59. The molecule has 6 heteroatoms. The van der Waals surface area contributed by atoms with E-state index in [0.717, 1.165) is 28.3 Å². The minimum absolute atomic E-state index is 0.442. The number of hydrazone groups is 1. The van der Waals surface area contributed by atoms with Crippen LogP contribution in [0.25, 0.3) is 0 Å². The number of rotatable bonds is 3. The maximum absolute atomic E-state index is 5.55. The van der Waals surface area contributed by atoms with Gasteiger partial charge in [-0.1, -0.05) is 12.1 Å². The maximum atomic E-state index is 5.55. The van der Waals surface area contributed by atoms with Crippen molar-refractivity contribution in [2.75, 3.05) is 18.5 Å². The molecule has 2 aromatic rings. The first-order chi connectivity index (χ1) is 11.6. The summed E-state index contributed by atoms with van der Waals surface area (Å²) in [6.45, 7) is 5.27. The van der Waals surface area contributed by atoms with Crippen molar-refractivity contribution in [1.29, 1.82) is 0 Å². The summed E-state index contributed by atoms with van der Waals surface area (Å²) in [5.74, 6) is 1.50. The Morgan fingerprint density at radius 1 is 1.12 bits per heavy atom. The van der Waals surface area contributed by atoms with E-state index < -0.39 is 0 Å². The van der Waals surface area contributed by atoms with Crippen molar-refractivity contribution in [1.82, 2.24) is 5.43 Å². The first kappa shape index (κ1) is 16.3. The fourth-order valence-corrected chi connectivity index (χ4v) is 2.51. The molecule has 0 fully saturated rings. The summed E-state index contributed by atoms with van der Waals surface area (Å²) in [5, 5.41) is 7.75. The third-order valence-electron chi connectivity index (χ3n) is 3.80. The third kappa shape index (κ3) is 3.83. The van der Waals surface area contributed by atoms with Crippen molar-refractivity contribution in [3.8, 4) is 11.5 Å². The number of nitrogens with one attached hydrogen (secondary N) is 2. The van der Waals surface area contributed by atoms with Crippen LogP contribution < -0.4 is 20.2 Å². The number of hydrogen-bond acceptors (Lipinski definition) is 4. The molecule has 0 atom stereocenters. The summed E-state index contributed by atoms with van der Waals surface area (Å²) in [4.78, 5) is 0. The minimum atomic E-state index is 0.442. The van der Waals surface area contributed by atoms with Gasteiger partial charge in [-0.15, -0.1) is 0 Å². The summed E-state index contributed by atoms with van der Waals surface area (Å²) in [5.41, 5.74) is 7.08. The van der Waals surface area contributed by atoms with Crippen LogP contribution >= 0.6 is 12.2 Å². The van der Waals surface area contributed by atoms with Crippen LogP contribution in [0.5, 0.6) is 11.5 Å². The molecule has 2 N–H and O–H groups in total. The van der Waals surface area contributed by atoms with Crippen LogP contribution in [-0.4, -0.2) is 24.5 Å². The second kappa shape index (κ2) is 7.31. The summed E-state index contributed by atoms with van der Waals surface area (Å²) < 4.78 is 11.0. The quantitative estimate of drug-likeness (QED) is 0.509. The van der Waals surface area contributed by atoms with E-state index in [0.29, 0.717) is 18.3 Å². The zero-order valence-electron chi connectivity index (χ0n) is 13.6. The molecular formula is C18H19N3O2S. The lowest BCUT2D eigenvalue weighted by molar-refractivity contribution is 0.171.